The highest BCUT2D eigenvalue weighted by molar-refractivity contribution is 6.04. The molecule has 34 heavy (non-hydrogen) atoms. The first-order valence-corrected chi connectivity index (χ1v) is 11.3. The van der Waals surface area contributed by atoms with Crippen LogP contribution in [0, 0.1) is 0 Å². The quantitative estimate of drug-likeness (QED) is 0.259. The number of anilines is 3. The van der Waals surface area contributed by atoms with Gasteiger partial charge in [0.25, 0.3) is 0 Å². The Hall–Kier alpha value is -3.60. The van der Waals surface area contributed by atoms with E-state index in [9.17, 15) is 9.59 Å². The zero-order valence-electron chi connectivity index (χ0n) is 19.7. The van der Waals surface area contributed by atoms with Gasteiger partial charge in [-0.2, -0.15) is 0 Å². The van der Waals surface area contributed by atoms with Gasteiger partial charge < -0.3 is 35.8 Å². The Kier molecular flexibility index (Phi) is 8.86. The number of fused-ring (bicyclic) bond motifs is 1. The van der Waals surface area contributed by atoms with E-state index in [0.29, 0.717) is 36.1 Å². The lowest BCUT2D eigenvalue weighted by atomic mass is 9.94. The van der Waals surface area contributed by atoms with Crippen LogP contribution in [0.4, 0.5) is 17.3 Å². The molecule has 2 heterocycles. The highest BCUT2D eigenvalue weighted by Gasteiger charge is 2.38. The van der Waals surface area contributed by atoms with Crippen molar-refractivity contribution >= 4 is 29.2 Å². The highest BCUT2D eigenvalue weighted by atomic mass is 16.5. The molecule has 0 radical (unpaired) electrons. The molecule has 11 nitrogen and oxygen atoms in total. The molecule has 0 bridgehead atoms. The zero-order chi connectivity index (χ0) is 24.5. The van der Waals surface area contributed by atoms with Gasteiger partial charge in [-0.25, -0.2) is 9.97 Å². The summed E-state index contributed by atoms with van der Waals surface area (Å²) in [5.41, 5.74) is 1.48. The summed E-state index contributed by atoms with van der Waals surface area (Å²) in [5, 5.41) is 21.5. The molecule has 5 N–H and O–H groups in total. The number of carbonyl (C=O) groups excluding carboxylic acids is 1. The Balaban J connectivity index is 1.73. The predicted molar refractivity (Wildman–Crippen MR) is 129 cm³/mol. The van der Waals surface area contributed by atoms with Gasteiger partial charge in [-0.15, -0.1) is 0 Å². The summed E-state index contributed by atoms with van der Waals surface area (Å²) in [6, 6.07) is 5.11. The van der Waals surface area contributed by atoms with Crippen LogP contribution in [0.25, 0.3) is 0 Å². The maximum Gasteiger partial charge on any atom is 0.303 e. The molecule has 1 aromatic heterocycles. The van der Waals surface area contributed by atoms with Crippen LogP contribution < -0.4 is 30.7 Å². The standard InChI is InChI=1S/C23H32N6O5/c1-14(28-15-7-8-16(33-3)17(12-15)34-11-4-6-18(30)31)19-20-21(25-10-5-9-24-2)26-13-27-22(20)29-23(19)32/h7-8,12-14,19,24,28H,4-6,9-11H2,1-3H3,(H,30,31)(H2,25,26,27,29,32). The van der Waals surface area contributed by atoms with E-state index in [0.717, 1.165) is 24.2 Å². The third-order valence-electron chi connectivity index (χ3n) is 5.47. The normalized spacial score (nSPS) is 15.3. The molecule has 0 saturated carbocycles. The molecule has 1 amide bonds. The number of benzene rings is 1. The first-order chi connectivity index (χ1) is 16.4. The highest BCUT2D eigenvalue weighted by Crippen LogP contribution is 2.39. The van der Waals surface area contributed by atoms with Gasteiger partial charge >= 0.3 is 5.97 Å². The average molecular weight is 473 g/mol. The number of amides is 1. The van der Waals surface area contributed by atoms with Crippen molar-refractivity contribution in [2.45, 2.75) is 38.1 Å². The minimum absolute atomic E-state index is 0.0287. The number of hydrogen-bond acceptors (Lipinski definition) is 9. The van der Waals surface area contributed by atoms with Gasteiger partial charge in [0.05, 0.1) is 25.2 Å². The van der Waals surface area contributed by atoms with Crippen molar-refractivity contribution in [1.29, 1.82) is 0 Å². The first kappa shape index (κ1) is 25.0. The van der Waals surface area contributed by atoms with Gasteiger partial charge in [0.15, 0.2) is 11.5 Å². The molecular weight excluding hydrogens is 440 g/mol. The lowest BCUT2D eigenvalue weighted by Crippen LogP contribution is -2.30. The summed E-state index contributed by atoms with van der Waals surface area (Å²) in [6.45, 7) is 3.76. The van der Waals surface area contributed by atoms with E-state index in [1.807, 2.05) is 20.0 Å². The Bertz CT molecular complexity index is 1000. The van der Waals surface area contributed by atoms with Crippen LogP contribution in [0.5, 0.6) is 11.5 Å². The molecule has 0 fully saturated rings. The van der Waals surface area contributed by atoms with Gasteiger partial charge in [0, 0.05) is 30.8 Å². The molecular formula is C23H32N6O5. The molecule has 11 heteroatoms. The first-order valence-electron chi connectivity index (χ1n) is 11.3. The van der Waals surface area contributed by atoms with Crippen LogP contribution in [-0.4, -0.2) is 66.8 Å². The zero-order valence-corrected chi connectivity index (χ0v) is 19.7. The minimum atomic E-state index is -0.866. The van der Waals surface area contributed by atoms with Crippen molar-refractivity contribution in [3.63, 3.8) is 0 Å². The maximum absolute atomic E-state index is 12.8. The number of methoxy groups -OCH3 is 1. The van der Waals surface area contributed by atoms with Crippen molar-refractivity contribution in [2.24, 2.45) is 0 Å². The van der Waals surface area contributed by atoms with Gasteiger partial charge in [0.2, 0.25) is 5.91 Å². The second-order valence-electron chi connectivity index (χ2n) is 7.98. The molecule has 1 aliphatic heterocycles. The molecule has 184 valence electrons. The third kappa shape index (κ3) is 6.25. The minimum Gasteiger partial charge on any atom is -0.493 e. The topological polar surface area (TPSA) is 147 Å². The third-order valence-corrected chi connectivity index (χ3v) is 5.47. The monoisotopic (exact) mass is 472 g/mol. The van der Waals surface area contributed by atoms with Crippen molar-refractivity contribution in [3.8, 4) is 11.5 Å². The van der Waals surface area contributed by atoms with Gasteiger partial charge in [-0.3, -0.25) is 9.59 Å². The van der Waals surface area contributed by atoms with Gasteiger partial charge in [-0.05, 0) is 45.5 Å². The second-order valence-corrected chi connectivity index (χ2v) is 7.98. The van der Waals surface area contributed by atoms with Crippen molar-refractivity contribution in [2.75, 3.05) is 49.8 Å². The number of ether oxygens (including phenoxy) is 2. The molecule has 0 saturated heterocycles. The van der Waals surface area contributed by atoms with Crippen LogP contribution in [-0.2, 0) is 9.59 Å². The van der Waals surface area contributed by atoms with E-state index in [-0.39, 0.29) is 25.0 Å². The molecule has 3 rings (SSSR count). The van der Waals surface area contributed by atoms with Crippen molar-refractivity contribution in [1.82, 2.24) is 15.3 Å². The summed E-state index contributed by atoms with van der Waals surface area (Å²) in [6.07, 6.45) is 2.77. The molecule has 1 aliphatic rings. The SMILES string of the molecule is CNCCCNc1ncnc2c1C(C(C)Nc1ccc(OC)c(OCCCC(=O)O)c1)C(=O)N2. The summed E-state index contributed by atoms with van der Waals surface area (Å²) in [5.74, 6) is 0.699. The number of carboxylic acid groups (broad SMARTS) is 1. The van der Waals surface area contributed by atoms with Gasteiger partial charge in [-0.1, -0.05) is 0 Å². The Morgan fingerprint density at radius 3 is 2.79 bits per heavy atom. The summed E-state index contributed by atoms with van der Waals surface area (Å²) < 4.78 is 11.1. The summed E-state index contributed by atoms with van der Waals surface area (Å²) >= 11 is 0. The number of hydrogen-bond donors (Lipinski definition) is 5. The number of aromatic nitrogens is 2. The number of carbonyl (C=O) groups is 2. The predicted octanol–water partition coefficient (Wildman–Crippen LogP) is 2.29. The lowest BCUT2D eigenvalue weighted by Gasteiger charge is -2.23. The molecule has 1 aromatic carbocycles. The molecule has 0 aliphatic carbocycles. The second kappa shape index (κ2) is 12.0. The fourth-order valence-electron chi connectivity index (χ4n) is 3.84. The Morgan fingerprint density at radius 1 is 1.24 bits per heavy atom. The molecule has 2 atom stereocenters. The van der Waals surface area contributed by atoms with Crippen LogP contribution in [0.2, 0.25) is 0 Å². The average Bonchev–Trinajstić information content (AvgIpc) is 3.16. The lowest BCUT2D eigenvalue weighted by molar-refractivity contribution is -0.137. The van der Waals surface area contributed by atoms with Crippen LogP contribution in [0.1, 0.15) is 37.7 Å². The number of nitrogens with one attached hydrogen (secondary N) is 4. The summed E-state index contributed by atoms with van der Waals surface area (Å²) in [7, 11) is 3.44. The number of rotatable bonds is 14. The van der Waals surface area contributed by atoms with Crippen LogP contribution >= 0.6 is 0 Å². The fraction of sp³-hybridized carbons (Fsp3) is 0.478. The van der Waals surface area contributed by atoms with E-state index < -0.39 is 11.9 Å². The van der Waals surface area contributed by atoms with Crippen LogP contribution in [0.15, 0.2) is 24.5 Å². The Labute approximate surface area is 198 Å². The molecule has 2 aromatic rings. The van der Waals surface area contributed by atoms with Crippen molar-refractivity contribution in [3.05, 3.63) is 30.1 Å². The van der Waals surface area contributed by atoms with Gasteiger partial charge in [0.1, 0.15) is 18.0 Å². The number of nitrogens with zero attached hydrogens (tertiary/aromatic N) is 2. The number of carboxylic acids is 1. The van der Waals surface area contributed by atoms with E-state index in [4.69, 9.17) is 14.6 Å². The van der Waals surface area contributed by atoms with E-state index in [1.54, 1.807) is 19.2 Å². The van der Waals surface area contributed by atoms with E-state index >= 15 is 0 Å². The molecule has 0 spiro atoms. The summed E-state index contributed by atoms with van der Waals surface area (Å²) in [4.78, 5) is 32.2. The maximum atomic E-state index is 12.8. The Morgan fingerprint density at radius 2 is 2.06 bits per heavy atom. The van der Waals surface area contributed by atoms with Crippen LogP contribution in [0.3, 0.4) is 0 Å². The van der Waals surface area contributed by atoms with E-state index in [2.05, 4.69) is 31.2 Å². The van der Waals surface area contributed by atoms with E-state index in [1.165, 1.54) is 6.33 Å². The number of aliphatic carboxylic acids is 1. The van der Waals surface area contributed by atoms with Crippen molar-refractivity contribution < 1.29 is 24.2 Å². The molecule has 2 unspecified atom stereocenters. The fourth-order valence-corrected chi connectivity index (χ4v) is 3.84. The smallest absolute Gasteiger partial charge is 0.303 e. The largest absolute Gasteiger partial charge is 0.493 e.